The van der Waals surface area contributed by atoms with E-state index < -0.39 is 11.6 Å². The van der Waals surface area contributed by atoms with E-state index in [1.165, 1.54) is 0 Å². The number of benzene rings is 1. The van der Waals surface area contributed by atoms with Gasteiger partial charge in [0.1, 0.15) is 23.3 Å². The molecule has 0 fully saturated rings. The molecule has 0 unspecified atom stereocenters. The Balaban J connectivity index is 2.05. The molecule has 0 saturated carbocycles. The van der Waals surface area contributed by atoms with E-state index >= 15 is 0 Å². The summed E-state index contributed by atoms with van der Waals surface area (Å²) in [4.78, 5) is 8.26. The zero-order chi connectivity index (χ0) is 13.7. The summed E-state index contributed by atoms with van der Waals surface area (Å²) in [7, 11) is 0. The van der Waals surface area contributed by atoms with E-state index in [-0.39, 0.29) is 12.1 Å². The molecule has 6 heteroatoms. The van der Waals surface area contributed by atoms with Crippen molar-refractivity contribution in [3.63, 3.8) is 0 Å². The highest BCUT2D eigenvalue weighted by molar-refractivity contribution is 5.35. The zero-order valence-corrected chi connectivity index (χ0v) is 10.2. The summed E-state index contributed by atoms with van der Waals surface area (Å²) in [6.07, 6.45) is 2.17. The number of anilines is 1. The van der Waals surface area contributed by atoms with Gasteiger partial charge in [0.2, 0.25) is 0 Å². The lowest BCUT2D eigenvalue weighted by molar-refractivity contribution is 0.587. The largest absolute Gasteiger partial charge is 0.366 e. The van der Waals surface area contributed by atoms with Crippen LogP contribution in [0.4, 0.5) is 14.6 Å². The molecule has 0 aliphatic heterocycles. The summed E-state index contributed by atoms with van der Waals surface area (Å²) in [5.74, 6) is 0.254. The maximum Gasteiger partial charge on any atom is 0.131 e. The first-order chi connectivity index (χ1) is 9.19. The average molecular weight is 264 g/mol. The first-order valence-electron chi connectivity index (χ1n) is 5.89. The molecule has 2 aromatic rings. The van der Waals surface area contributed by atoms with Crippen molar-refractivity contribution >= 4 is 5.82 Å². The number of nitrogens with one attached hydrogen (secondary N) is 1. The number of rotatable bonds is 5. The minimum atomic E-state index is -0.468. The molecule has 1 aromatic heterocycles. The van der Waals surface area contributed by atoms with Gasteiger partial charge < -0.3 is 11.1 Å². The highest BCUT2D eigenvalue weighted by Gasteiger charge is 2.04. The fourth-order valence-electron chi connectivity index (χ4n) is 1.61. The Morgan fingerprint density at radius 3 is 2.84 bits per heavy atom. The Morgan fingerprint density at radius 2 is 2.05 bits per heavy atom. The Morgan fingerprint density at radius 1 is 1.21 bits per heavy atom. The van der Waals surface area contributed by atoms with Gasteiger partial charge in [0.05, 0.1) is 0 Å². The molecule has 1 aromatic carbocycles. The van der Waals surface area contributed by atoms with Gasteiger partial charge in [-0.05, 0) is 30.8 Å². The van der Waals surface area contributed by atoms with Crippen molar-refractivity contribution in [1.82, 2.24) is 9.97 Å². The molecule has 0 saturated heterocycles. The second-order valence-corrected chi connectivity index (χ2v) is 3.99. The minimum absolute atomic E-state index is 0.155. The molecule has 1 heterocycles. The number of nitrogens with zero attached hydrogens (tertiary/aromatic N) is 2. The van der Waals surface area contributed by atoms with E-state index in [1.807, 2.05) is 0 Å². The predicted octanol–water partition coefficient (Wildman–Crippen LogP) is 1.87. The number of hydrogen-bond acceptors (Lipinski definition) is 4. The Hall–Kier alpha value is -2.08. The van der Waals surface area contributed by atoms with Crippen LogP contribution < -0.4 is 11.1 Å². The lowest BCUT2D eigenvalue weighted by Gasteiger charge is -2.07. The minimum Gasteiger partial charge on any atom is -0.366 e. The van der Waals surface area contributed by atoms with Crippen molar-refractivity contribution in [2.24, 2.45) is 5.73 Å². The zero-order valence-electron chi connectivity index (χ0n) is 10.2. The normalized spacial score (nSPS) is 10.5. The standard InChI is InChI=1S/C13H14F2N4/c14-10-1-2-11(15)9(7-10)8-18-13-4-6-17-12(19-13)3-5-16/h1-2,4,6-7H,3,5,8,16H2,(H,17,18,19). The number of aromatic nitrogens is 2. The van der Waals surface area contributed by atoms with Crippen molar-refractivity contribution in [3.05, 3.63) is 53.5 Å². The van der Waals surface area contributed by atoms with Gasteiger partial charge in [0, 0.05) is 24.7 Å². The van der Waals surface area contributed by atoms with E-state index in [9.17, 15) is 8.78 Å². The summed E-state index contributed by atoms with van der Waals surface area (Å²) in [5.41, 5.74) is 5.67. The lowest BCUT2D eigenvalue weighted by atomic mass is 10.2. The second kappa shape index (κ2) is 6.19. The molecule has 0 aliphatic carbocycles. The molecule has 2 rings (SSSR count). The molecule has 0 amide bonds. The van der Waals surface area contributed by atoms with Gasteiger partial charge in [-0.15, -0.1) is 0 Å². The molecule has 4 nitrogen and oxygen atoms in total. The van der Waals surface area contributed by atoms with Crippen LogP contribution in [-0.4, -0.2) is 16.5 Å². The SMILES string of the molecule is NCCc1nccc(NCc2cc(F)ccc2F)n1. The van der Waals surface area contributed by atoms with Crippen LogP contribution >= 0.6 is 0 Å². The Bertz CT molecular complexity index is 560. The van der Waals surface area contributed by atoms with Crippen LogP contribution in [0.15, 0.2) is 30.5 Å². The third-order valence-corrected chi connectivity index (χ3v) is 2.54. The van der Waals surface area contributed by atoms with Crippen LogP contribution in [0, 0.1) is 11.6 Å². The summed E-state index contributed by atoms with van der Waals surface area (Å²) >= 11 is 0. The second-order valence-electron chi connectivity index (χ2n) is 3.99. The fourth-order valence-corrected chi connectivity index (χ4v) is 1.61. The number of hydrogen-bond donors (Lipinski definition) is 2. The topological polar surface area (TPSA) is 63.8 Å². The van der Waals surface area contributed by atoms with E-state index in [2.05, 4.69) is 15.3 Å². The molecule has 3 N–H and O–H groups in total. The van der Waals surface area contributed by atoms with Gasteiger partial charge in [-0.2, -0.15) is 0 Å². The molecule has 0 aliphatic rings. The Kier molecular flexibility index (Phi) is 4.35. The van der Waals surface area contributed by atoms with Crippen LogP contribution in [0.25, 0.3) is 0 Å². The maximum atomic E-state index is 13.4. The summed E-state index contributed by atoms with van der Waals surface area (Å²) in [6, 6.07) is 5.01. The van der Waals surface area contributed by atoms with Gasteiger partial charge in [-0.1, -0.05) is 0 Å². The van der Waals surface area contributed by atoms with E-state index in [0.717, 1.165) is 18.2 Å². The van der Waals surface area contributed by atoms with Crippen molar-refractivity contribution in [3.8, 4) is 0 Å². The maximum absolute atomic E-state index is 13.4. The highest BCUT2D eigenvalue weighted by Crippen LogP contribution is 2.12. The first-order valence-corrected chi connectivity index (χ1v) is 5.89. The van der Waals surface area contributed by atoms with Gasteiger partial charge >= 0.3 is 0 Å². The van der Waals surface area contributed by atoms with Gasteiger partial charge in [-0.3, -0.25) is 0 Å². The molecule has 0 bridgehead atoms. The molecule has 19 heavy (non-hydrogen) atoms. The average Bonchev–Trinajstić information content (AvgIpc) is 2.41. The van der Waals surface area contributed by atoms with Crippen molar-refractivity contribution in [2.75, 3.05) is 11.9 Å². The molecule has 0 atom stereocenters. The fraction of sp³-hybridized carbons (Fsp3) is 0.231. The summed E-state index contributed by atoms with van der Waals surface area (Å²) in [5, 5.41) is 2.93. The molecule has 0 spiro atoms. The smallest absolute Gasteiger partial charge is 0.131 e. The summed E-state index contributed by atoms with van der Waals surface area (Å²) in [6.45, 7) is 0.616. The van der Waals surface area contributed by atoms with Crippen molar-refractivity contribution in [2.45, 2.75) is 13.0 Å². The Labute approximate surface area is 109 Å². The predicted molar refractivity (Wildman–Crippen MR) is 68.5 cm³/mol. The van der Waals surface area contributed by atoms with Gasteiger partial charge in [0.25, 0.3) is 0 Å². The molecule has 0 radical (unpaired) electrons. The quantitative estimate of drug-likeness (QED) is 0.865. The highest BCUT2D eigenvalue weighted by atomic mass is 19.1. The third kappa shape index (κ3) is 3.69. The van der Waals surface area contributed by atoms with Crippen LogP contribution in [0.3, 0.4) is 0 Å². The first kappa shape index (κ1) is 13.4. The molecular formula is C13H14F2N4. The van der Waals surface area contributed by atoms with Gasteiger partial charge in [-0.25, -0.2) is 18.7 Å². The third-order valence-electron chi connectivity index (χ3n) is 2.54. The van der Waals surface area contributed by atoms with Crippen molar-refractivity contribution < 1.29 is 8.78 Å². The summed E-state index contributed by atoms with van der Waals surface area (Å²) < 4.78 is 26.4. The number of halogens is 2. The lowest BCUT2D eigenvalue weighted by Crippen LogP contribution is -2.09. The van der Waals surface area contributed by atoms with Gasteiger partial charge in [0.15, 0.2) is 0 Å². The van der Waals surface area contributed by atoms with Crippen LogP contribution in [0.2, 0.25) is 0 Å². The van der Waals surface area contributed by atoms with Crippen molar-refractivity contribution in [1.29, 1.82) is 0 Å². The molecular weight excluding hydrogens is 250 g/mol. The van der Waals surface area contributed by atoms with Crippen LogP contribution in [0.1, 0.15) is 11.4 Å². The van der Waals surface area contributed by atoms with E-state index in [1.54, 1.807) is 12.3 Å². The van der Waals surface area contributed by atoms with Crippen LogP contribution in [-0.2, 0) is 13.0 Å². The monoisotopic (exact) mass is 264 g/mol. The number of nitrogens with two attached hydrogens (primary N) is 1. The van der Waals surface area contributed by atoms with Crippen LogP contribution in [0.5, 0.6) is 0 Å². The van der Waals surface area contributed by atoms with E-state index in [4.69, 9.17) is 5.73 Å². The van der Waals surface area contributed by atoms with E-state index in [0.29, 0.717) is 24.6 Å². The molecule has 100 valence electrons.